The summed E-state index contributed by atoms with van der Waals surface area (Å²) in [5.74, 6) is 1.01. The number of carbonyl (C=O) groups excluding carboxylic acids is 1. The Hall–Kier alpha value is -1.44. The van der Waals surface area contributed by atoms with Crippen molar-refractivity contribution in [2.75, 3.05) is 20.3 Å². The number of hydrogen-bond donors (Lipinski definition) is 1. The molecule has 0 fully saturated rings. The van der Waals surface area contributed by atoms with Gasteiger partial charge in [-0.2, -0.15) is 0 Å². The Bertz CT molecular complexity index is 635. The topological polar surface area (TPSA) is 60.6 Å². The third-order valence-electron chi connectivity index (χ3n) is 2.80. The van der Waals surface area contributed by atoms with Crippen molar-refractivity contribution < 1.29 is 19.0 Å². The van der Waals surface area contributed by atoms with Gasteiger partial charge in [-0.1, -0.05) is 0 Å². The van der Waals surface area contributed by atoms with Crippen LogP contribution in [-0.4, -0.2) is 31.3 Å². The van der Waals surface area contributed by atoms with Crippen molar-refractivity contribution in [2.24, 2.45) is 0 Å². The summed E-state index contributed by atoms with van der Waals surface area (Å²) in [6.45, 7) is 1.06. The van der Waals surface area contributed by atoms with E-state index in [1.54, 1.807) is 0 Å². The summed E-state index contributed by atoms with van der Waals surface area (Å²) in [6.07, 6.45) is 0. The lowest BCUT2D eigenvalue weighted by molar-refractivity contribution is 0.0594. The largest absolute Gasteiger partial charge is 0.486 e. The first-order valence-corrected chi connectivity index (χ1v) is 6.48. The van der Waals surface area contributed by atoms with Gasteiger partial charge in [0.25, 0.3) is 0 Å². The highest BCUT2D eigenvalue weighted by Gasteiger charge is 2.23. The molecule has 2 aromatic rings. The first kappa shape index (κ1) is 11.6. The van der Waals surface area contributed by atoms with Crippen molar-refractivity contribution in [3.8, 4) is 11.5 Å². The van der Waals surface area contributed by atoms with E-state index in [4.69, 9.17) is 14.2 Å². The predicted octanol–water partition coefficient (Wildman–Crippen LogP) is 2.33. The number of aromatic nitrogens is 1. The van der Waals surface area contributed by atoms with Gasteiger partial charge in [0.2, 0.25) is 0 Å². The van der Waals surface area contributed by atoms with E-state index >= 15 is 0 Å². The zero-order valence-corrected chi connectivity index (χ0v) is 11.7. The monoisotopic (exact) mass is 359 g/mol. The number of benzene rings is 1. The van der Waals surface area contributed by atoms with Crippen LogP contribution in [0.4, 0.5) is 0 Å². The van der Waals surface area contributed by atoms with Gasteiger partial charge < -0.3 is 19.2 Å². The summed E-state index contributed by atoms with van der Waals surface area (Å²) in [7, 11) is 1.36. The molecule has 0 saturated carbocycles. The average Bonchev–Trinajstić information content (AvgIpc) is 2.76. The molecule has 1 aromatic heterocycles. The normalized spacial score (nSPS) is 13.7. The number of esters is 1. The van der Waals surface area contributed by atoms with Crippen molar-refractivity contribution in [3.63, 3.8) is 0 Å². The number of carbonyl (C=O) groups is 1. The molecule has 1 aliphatic heterocycles. The maximum atomic E-state index is 11.6. The smallest absolute Gasteiger partial charge is 0.355 e. The van der Waals surface area contributed by atoms with Crippen LogP contribution in [0.5, 0.6) is 11.5 Å². The first-order chi connectivity index (χ1) is 8.72. The van der Waals surface area contributed by atoms with Crippen LogP contribution in [-0.2, 0) is 4.74 Å². The fraction of sp³-hybridized carbons (Fsp3) is 0.250. The van der Waals surface area contributed by atoms with Crippen LogP contribution in [0.15, 0.2) is 12.1 Å². The Labute approximate surface area is 117 Å². The highest BCUT2D eigenvalue weighted by molar-refractivity contribution is 14.1. The van der Waals surface area contributed by atoms with Gasteiger partial charge in [0.05, 0.1) is 21.6 Å². The van der Waals surface area contributed by atoms with E-state index in [1.807, 2.05) is 12.1 Å². The van der Waals surface area contributed by atoms with Gasteiger partial charge in [0.1, 0.15) is 18.9 Å². The van der Waals surface area contributed by atoms with Crippen molar-refractivity contribution in [3.05, 3.63) is 21.4 Å². The predicted molar refractivity (Wildman–Crippen MR) is 73.3 cm³/mol. The molecule has 0 aliphatic carbocycles. The number of ether oxygens (including phenoxy) is 3. The molecule has 0 unspecified atom stereocenters. The van der Waals surface area contributed by atoms with Gasteiger partial charge in [-0.25, -0.2) is 4.79 Å². The second-order valence-corrected chi connectivity index (χ2v) is 4.90. The van der Waals surface area contributed by atoms with Gasteiger partial charge in [-0.05, 0) is 34.7 Å². The van der Waals surface area contributed by atoms with Gasteiger partial charge in [0.15, 0.2) is 11.5 Å². The molecule has 0 bridgehead atoms. The van der Waals surface area contributed by atoms with E-state index < -0.39 is 0 Å². The molecule has 0 saturated heterocycles. The molecule has 0 spiro atoms. The van der Waals surface area contributed by atoms with Gasteiger partial charge in [-0.15, -0.1) is 0 Å². The van der Waals surface area contributed by atoms with E-state index in [0.29, 0.717) is 30.4 Å². The van der Waals surface area contributed by atoms with Crippen LogP contribution < -0.4 is 9.47 Å². The zero-order chi connectivity index (χ0) is 12.7. The number of hydrogen-bond acceptors (Lipinski definition) is 4. The molecule has 0 radical (unpaired) electrons. The summed E-state index contributed by atoms with van der Waals surface area (Å²) in [5, 5.41) is 0.869. The number of H-pyrrole nitrogens is 1. The second-order valence-electron chi connectivity index (χ2n) is 3.82. The van der Waals surface area contributed by atoms with E-state index in [-0.39, 0.29) is 5.97 Å². The third-order valence-corrected chi connectivity index (χ3v) is 3.88. The van der Waals surface area contributed by atoms with Crippen LogP contribution in [0.1, 0.15) is 10.5 Å². The van der Waals surface area contributed by atoms with Crippen LogP contribution in [0, 0.1) is 3.57 Å². The SMILES string of the molecule is COC(=O)c1[nH]c2ccc3c(c2c1I)OCCO3. The molecular weight excluding hydrogens is 349 g/mol. The lowest BCUT2D eigenvalue weighted by atomic mass is 10.2. The molecule has 6 heteroatoms. The minimum atomic E-state index is -0.388. The maximum Gasteiger partial charge on any atom is 0.355 e. The number of nitrogens with one attached hydrogen (secondary N) is 1. The molecule has 2 heterocycles. The van der Waals surface area contributed by atoms with Crippen LogP contribution in [0.3, 0.4) is 0 Å². The third kappa shape index (κ3) is 1.63. The van der Waals surface area contributed by atoms with Crippen LogP contribution >= 0.6 is 22.6 Å². The average molecular weight is 359 g/mol. The maximum absolute atomic E-state index is 11.6. The van der Waals surface area contributed by atoms with Gasteiger partial charge in [0, 0.05) is 0 Å². The fourth-order valence-corrected chi connectivity index (χ4v) is 2.89. The lowest BCUT2D eigenvalue weighted by Crippen LogP contribution is -2.15. The molecule has 5 nitrogen and oxygen atoms in total. The molecule has 18 heavy (non-hydrogen) atoms. The van der Waals surface area contributed by atoms with E-state index in [9.17, 15) is 4.79 Å². The summed E-state index contributed by atoms with van der Waals surface area (Å²) < 4.78 is 16.7. The molecule has 3 rings (SSSR count). The first-order valence-electron chi connectivity index (χ1n) is 5.40. The van der Waals surface area contributed by atoms with E-state index in [2.05, 4.69) is 27.6 Å². The number of halogens is 1. The zero-order valence-electron chi connectivity index (χ0n) is 9.58. The minimum Gasteiger partial charge on any atom is -0.486 e. The summed E-state index contributed by atoms with van der Waals surface area (Å²) in [4.78, 5) is 14.7. The minimum absolute atomic E-state index is 0.388. The fourth-order valence-electron chi connectivity index (χ4n) is 2.00. The molecule has 1 N–H and O–H groups in total. The Morgan fingerprint density at radius 2 is 2.17 bits per heavy atom. The van der Waals surface area contributed by atoms with Crippen molar-refractivity contribution in [2.45, 2.75) is 0 Å². The number of aromatic amines is 1. The van der Waals surface area contributed by atoms with Gasteiger partial charge in [-0.3, -0.25) is 0 Å². The molecule has 94 valence electrons. The molecule has 0 amide bonds. The molecule has 0 atom stereocenters. The van der Waals surface area contributed by atoms with E-state index in [1.165, 1.54) is 7.11 Å². The second kappa shape index (κ2) is 4.34. The van der Waals surface area contributed by atoms with Crippen molar-refractivity contribution in [1.29, 1.82) is 0 Å². The molecular formula is C12H10INO4. The van der Waals surface area contributed by atoms with Crippen molar-refractivity contribution in [1.82, 2.24) is 4.98 Å². The summed E-state index contributed by atoms with van der Waals surface area (Å²) in [6, 6.07) is 3.71. The Morgan fingerprint density at radius 3 is 2.94 bits per heavy atom. The number of fused-ring (bicyclic) bond motifs is 3. The summed E-state index contributed by atoms with van der Waals surface area (Å²) in [5.41, 5.74) is 1.28. The van der Waals surface area contributed by atoms with Gasteiger partial charge >= 0.3 is 5.97 Å². The Morgan fingerprint density at radius 1 is 1.39 bits per heavy atom. The Balaban J connectivity index is 2.28. The number of methoxy groups -OCH3 is 1. The highest BCUT2D eigenvalue weighted by atomic mass is 127. The lowest BCUT2D eigenvalue weighted by Gasteiger charge is -2.18. The highest BCUT2D eigenvalue weighted by Crippen LogP contribution is 2.40. The number of rotatable bonds is 1. The summed E-state index contributed by atoms with van der Waals surface area (Å²) >= 11 is 2.11. The van der Waals surface area contributed by atoms with Crippen molar-refractivity contribution >= 4 is 39.5 Å². The molecule has 1 aliphatic rings. The van der Waals surface area contributed by atoms with Crippen LogP contribution in [0.25, 0.3) is 10.9 Å². The van der Waals surface area contributed by atoms with E-state index in [0.717, 1.165) is 14.5 Å². The molecule has 1 aromatic carbocycles. The quantitative estimate of drug-likeness (QED) is 0.627. The van der Waals surface area contributed by atoms with Crippen LogP contribution in [0.2, 0.25) is 0 Å². The standard InChI is InChI=1S/C12H10INO4/c1-16-12(15)10-9(13)8-6(14-10)2-3-7-11(8)18-5-4-17-7/h2-3,14H,4-5H2,1H3. The Kier molecular flexibility index (Phi) is 2.81.